The van der Waals surface area contributed by atoms with E-state index in [0.29, 0.717) is 12.1 Å². The Kier molecular flexibility index (Phi) is 3.10. The van der Waals surface area contributed by atoms with E-state index >= 15 is 0 Å². The van der Waals surface area contributed by atoms with Gasteiger partial charge in [-0.2, -0.15) is 0 Å². The average Bonchev–Trinajstić information content (AvgIpc) is 2.46. The third-order valence-corrected chi connectivity index (χ3v) is 3.94. The van der Waals surface area contributed by atoms with Crippen molar-refractivity contribution in [3.05, 3.63) is 39.0 Å². The molecule has 1 aliphatic heterocycles. The molecular weight excluding hydrogens is 258 g/mol. The number of nitrogens with one attached hydrogen (secondary N) is 1. The Balaban J connectivity index is 2.35. The van der Waals surface area contributed by atoms with Gasteiger partial charge in [-0.3, -0.25) is 13.9 Å². The molecule has 0 bridgehead atoms. The van der Waals surface area contributed by atoms with Gasteiger partial charge in [-0.15, -0.1) is 0 Å². The predicted octanol–water partition coefficient (Wildman–Crippen LogP) is 0.330. The van der Waals surface area contributed by atoms with Crippen LogP contribution in [0, 0.1) is 0 Å². The first-order valence-electron chi connectivity index (χ1n) is 6.75. The maximum atomic E-state index is 12.6. The van der Waals surface area contributed by atoms with Gasteiger partial charge in [0.2, 0.25) is 0 Å². The summed E-state index contributed by atoms with van der Waals surface area (Å²) in [7, 11) is 1.62. The number of aromatic nitrogens is 2. The van der Waals surface area contributed by atoms with Crippen molar-refractivity contribution >= 4 is 10.9 Å². The van der Waals surface area contributed by atoms with Crippen molar-refractivity contribution in [2.75, 3.05) is 13.1 Å². The van der Waals surface area contributed by atoms with Crippen LogP contribution in [0.4, 0.5) is 0 Å². The van der Waals surface area contributed by atoms with E-state index in [1.165, 1.54) is 15.2 Å². The van der Waals surface area contributed by atoms with Crippen LogP contribution in [0.5, 0.6) is 5.75 Å². The van der Waals surface area contributed by atoms with Crippen molar-refractivity contribution in [2.24, 2.45) is 7.05 Å². The molecule has 6 heteroatoms. The zero-order valence-corrected chi connectivity index (χ0v) is 11.3. The minimum Gasteiger partial charge on any atom is -0.507 e. The lowest BCUT2D eigenvalue weighted by atomic mass is 10.1. The van der Waals surface area contributed by atoms with Gasteiger partial charge in [0, 0.05) is 13.6 Å². The lowest BCUT2D eigenvalue weighted by Crippen LogP contribution is -2.46. The Labute approximate surface area is 115 Å². The highest BCUT2D eigenvalue weighted by molar-refractivity contribution is 5.84. The summed E-state index contributed by atoms with van der Waals surface area (Å²) in [5, 5.41) is 13.4. The topological polar surface area (TPSA) is 76.3 Å². The molecule has 3 rings (SSSR count). The smallest absolute Gasteiger partial charge is 0.331 e. The van der Waals surface area contributed by atoms with Crippen molar-refractivity contribution < 1.29 is 5.11 Å². The fraction of sp³-hybridized carbons (Fsp3) is 0.429. The van der Waals surface area contributed by atoms with Crippen LogP contribution in [0.15, 0.2) is 27.8 Å². The second kappa shape index (κ2) is 4.79. The second-order valence-corrected chi connectivity index (χ2v) is 5.19. The van der Waals surface area contributed by atoms with E-state index in [9.17, 15) is 14.7 Å². The Morgan fingerprint density at radius 3 is 2.85 bits per heavy atom. The van der Waals surface area contributed by atoms with Gasteiger partial charge in [0.15, 0.2) is 0 Å². The number of nitrogens with zero attached hydrogens (tertiary/aromatic N) is 2. The number of fused-ring (bicyclic) bond motifs is 1. The van der Waals surface area contributed by atoms with Crippen molar-refractivity contribution in [1.29, 1.82) is 0 Å². The number of phenolic OH excluding ortho intramolecular Hbond substituents is 1. The van der Waals surface area contributed by atoms with Gasteiger partial charge in [-0.1, -0.05) is 6.07 Å². The van der Waals surface area contributed by atoms with E-state index in [4.69, 9.17) is 0 Å². The molecule has 0 spiro atoms. The molecule has 20 heavy (non-hydrogen) atoms. The molecule has 1 aromatic carbocycles. The molecule has 2 aromatic rings. The van der Waals surface area contributed by atoms with E-state index in [-0.39, 0.29) is 22.9 Å². The summed E-state index contributed by atoms with van der Waals surface area (Å²) < 4.78 is 2.69. The Bertz CT molecular complexity index is 770. The number of aryl methyl sites for hydroxylation is 1. The molecule has 1 saturated heterocycles. The van der Waals surface area contributed by atoms with Gasteiger partial charge in [-0.05, 0) is 31.5 Å². The van der Waals surface area contributed by atoms with Gasteiger partial charge in [0.25, 0.3) is 5.56 Å². The highest BCUT2D eigenvalue weighted by Crippen LogP contribution is 2.20. The van der Waals surface area contributed by atoms with Gasteiger partial charge in [0.1, 0.15) is 11.1 Å². The fourth-order valence-electron chi connectivity index (χ4n) is 2.87. The minimum absolute atomic E-state index is 0.0828. The lowest BCUT2D eigenvalue weighted by molar-refractivity contribution is 0.350. The van der Waals surface area contributed by atoms with E-state index < -0.39 is 5.56 Å². The first-order valence-corrected chi connectivity index (χ1v) is 6.75. The molecule has 1 fully saturated rings. The van der Waals surface area contributed by atoms with E-state index in [1.54, 1.807) is 19.2 Å². The predicted molar refractivity (Wildman–Crippen MR) is 76.3 cm³/mol. The molecule has 2 N–H and O–H groups in total. The van der Waals surface area contributed by atoms with Crippen molar-refractivity contribution in [2.45, 2.75) is 18.9 Å². The summed E-state index contributed by atoms with van der Waals surface area (Å²) in [6.45, 7) is 1.51. The summed E-state index contributed by atoms with van der Waals surface area (Å²) in [4.78, 5) is 25.0. The van der Waals surface area contributed by atoms with Crippen molar-refractivity contribution in [1.82, 2.24) is 14.5 Å². The van der Waals surface area contributed by atoms with Crippen LogP contribution >= 0.6 is 0 Å². The van der Waals surface area contributed by atoms with Gasteiger partial charge in [0.05, 0.1) is 11.6 Å². The number of hydrogen-bond acceptors (Lipinski definition) is 4. The number of piperidine rings is 1. The maximum Gasteiger partial charge on any atom is 0.331 e. The van der Waals surface area contributed by atoms with Crippen LogP contribution < -0.4 is 16.6 Å². The number of hydrogen-bond donors (Lipinski definition) is 2. The molecule has 2 heterocycles. The Morgan fingerprint density at radius 2 is 2.15 bits per heavy atom. The first-order chi connectivity index (χ1) is 9.61. The zero-order valence-electron chi connectivity index (χ0n) is 11.3. The molecule has 1 aromatic heterocycles. The first kappa shape index (κ1) is 12.9. The highest BCUT2D eigenvalue weighted by atomic mass is 16.3. The molecule has 1 unspecified atom stereocenters. The van der Waals surface area contributed by atoms with Crippen molar-refractivity contribution in [3.63, 3.8) is 0 Å². The zero-order chi connectivity index (χ0) is 14.3. The SMILES string of the molecule is Cn1c(=O)n(C2CCCNC2)c(=O)c2c(O)cccc21. The molecule has 1 atom stereocenters. The monoisotopic (exact) mass is 275 g/mol. The summed E-state index contributed by atoms with van der Waals surface area (Å²) in [6.07, 6.45) is 1.72. The third-order valence-electron chi connectivity index (χ3n) is 3.94. The number of benzene rings is 1. The normalized spacial score (nSPS) is 19.4. The molecule has 0 amide bonds. The molecule has 0 radical (unpaired) electrons. The van der Waals surface area contributed by atoms with Gasteiger partial charge in [-0.25, -0.2) is 4.79 Å². The van der Waals surface area contributed by atoms with Gasteiger partial charge < -0.3 is 10.4 Å². The van der Waals surface area contributed by atoms with Crippen LogP contribution in [-0.2, 0) is 7.05 Å². The van der Waals surface area contributed by atoms with E-state index in [1.807, 2.05) is 0 Å². The van der Waals surface area contributed by atoms with E-state index in [2.05, 4.69) is 5.32 Å². The molecule has 106 valence electrons. The molecule has 0 aliphatic carbocycles. The van der Waals surface area contributed by atoms with Gasteiger partial charge >= 0.3 is 5.69 Å². The quantitative estimate of drug-likeness (QED) is 0.786. The Morgan fingerprint density at radius 1 is 1.35 bits per heavy atom. The molecular formula is C14H17N3O3. The molecule has 6 nitrogen and oxygen atoms in total. The second-order valence-electron chi connectivity index (χ2n) is 5.19. The lowest BCUT2D eigenvalue weighted by Gasteiger charge is -2.25. The number of rotatable bonds is 1. The number of phenols is 1. The van der Waals surface area contributed by atoms with Crippen LogP contribution in [-0.4, -0.2) is 27.3 Å². The Hall–Kier alpha value is -2.08. The fourth-order valence-corrected chi connectivity index (χ4v) is 2.87. The van der Waals surface area contributed by atoms with Crippen LogP contribution in [0.3, 0.4) is 0 Å². The summed E-state index contributed by atoms with van der Waals surface area (Å²) in [6, 6.07) is 4.61. The summed E-state index contributed by atoms with van der Waals surface area (Å²) in [5.74, 6) is -0.0828. The maximum absolute atomic E-state index is 12.6. The third kappa shape index (κ3) is 1.84. The van der Waals surface area contributed by atoms with Crippen molar-refractivity contribution in [3.8, 4) is 5.75 Å². The summed E-state index contributed by atoms with van der Waals surface area (Å²) in [5.41, 5.74) is -0.281. The summed E-state index contributed by atoms with van der Waals surface area (Å²) >= 11 is 0. The highest BCUT2D eigenvalue weighted by Gasteiger charge is 2.22. The van der Waals surface area contributed by atoms with Crippen LogP contribution in [0.1, 0.15) is 18.9 Å². The van der Waals surface area contributed by atoms with Crippen LogP contribution in [0.25, 0.3) is 10.9 Å². The largest absolute Gasteiger partial charge is 0.507 e. The minimum atomic E-state index is -0.408. The standard InChI is InChI=1S/C14H17N3O3/c1-16-10-5-2-6-11(18)12(10)13(19)17(14(16)20)9-4-3-7-15-8-9/h2,5-6,9,15,18H,3-4,7-8H2,1H3. The van der Waals surface area contributed by atoms with Crippen LogP contribution in [0.2, 0.25) is 0 Å². The average molecular weight is 275 g/mol. The molecule has 0 saturated carbocycles. The number of aromatic hydroxyl groups is 1. The molecule has 1 aliphatic rings. The van der Waals surface area contributed by atoms with E-state index in [0.717, 1.165) is 19.4 Å².